The number of rotatable bonds is 5. The van der Waals surface area contributed by atoms with Crippen molar-refractivity contribution in [3.63, 3.8) is 0 Å². The fourth-order valence-corrected chi connectivity index (χ4v) is 3.48. The topological polar surface area (TPSA) is 91.8 Å². The summed E-state index contributed by atoms with van der Waals surface area (Å²) in [5, 5.41) is 11.9. The zero-order chi connectivity index (χ0) is 22.1. The molecular formula is C20H22F3N3O4. The minimum atomic E-state index is -4.20. The number of aliphatic carboxylic acids is 1. The van der Waals surface area contributed by atoms with Crippen molar-refractivity contribution in [2.24, 2.45) is 5.92 Å². The molecule has 1 fully saturated rings. The van der Waals surface area contributed by atoms with Gasteiger partial charge in [0.15, 0.2) is 0 Å². The van der Waals surface area contributed by atoms with Gasteiger partial charge >= 0.3 is 12.1 Å². The lowest BCUT2D eigenvalue weighted by atomic mass is 9.95. The van der Waals surface area contributed by atoms with Crippen molar-refractivity contribution in [3.8, 4) is 5.75 Å². The van der Waals surface area contributed by atoms with Gasteiger partial charge in [0, 0.05) is 30.7 Å². The lowest BCUT2D eigenvalue weighted by Gasteiger charge is -2.34. The number of carboxylic acid groups (broad SMARTS) is 1. The molecule has 0 unspecified atom stereocenters. The van der Waals surface area contributed by atoms with Gasteiger partial charge in [-0.2, -0.15) is 13.2 Å². The molecule has 0 aliphatic carbocycles. The van der Waals surface area contributed by atoms with E-state index >= 15 is 0 Å². The maximum absolute atomic E-state index is 13.0. The van der Waals surface area contributed by atoms with Crippen molar-refractivity contribution in [1.29, 1.82) is 0 Å². The van der Waals surface area contributed by atoms with E-state index in [9.17, 15) is 22.8 Å². The van der Waals surface area contributed by atoms with Crippen LogP contribution < -0.4 is 15.0 Å². The van der Waals surface area contributed by atoms with Gasteiger partial charge in [-0.3, -0.25) is 14.6 Å². The molecule has 1 aromatic heterocycles. The number of hydrogen-bond acceptors (Lipinski definition) is 5. The predicted octanol–water partition coefficient (Wildman–Crippen LogP) is 3.23. The first-order valence-electron chi connectivity index (χ1n) is 9.43. The number of methoxy groups -OCH3 is 1. The highest BCUT2D eigenvalue weighted by Crippen LogP contribution is 2.38. The number of amides is 1. The monoisotopic (exact) mass is 425 g/mol. The highest BCUT2D eigenvalue weighted by Gasteiger charge is 2.41. The second kappa shape index (κ2) is 8.37. The normalized spacial score (nSPS) is 16.4. The van der Waals surface area contributed by atoms with E-state index in [4.69, 9.17) is 9.84 Å². The molecule has 30 heavy (non-hydrogen) atoms. The fraction of sp³-hybridized carbons (Fsp3) is 0.450. The molecule has 1 atom stereocenters. The smallest absolute Gasteiger partial charge is 0.391 e. The SMILES string of the molecule is COc1cc(N2CCC(C(F)(F)F)CC2)c2ncc(C(=O)N[C@H](C)C(=O)O)cc2c1. The number of aromatic nitrogens is 1. The van der Waals surface area contributed by atoms with Crippen LogP contribution in [0.4, 0.5) is 18.9 Å². The van der Waals surface area contributed by atoms with Gasteiger partial charge in [-0.1, -0.05) is 0 Å². The summed E-state index contributed by atoms with van der Waals surface area (Å²) in [6.45, 7) is 1.80. The van der Waals surface area contributed by atoms with Crippen LogP contribution in [0.25, 0.3) is 10.9 Å². The number of carbonyl (C=O) groups is 2. The van der Waals surface area contributed by atoms with E-state index < -0.39 is 30.0 Å². The van der Waals surface area contributed by atoms with Gasteiger partial charge in [0.05, 0.1) is 29.8 Å². The standard InChI is InChI=1S/C20H22F3N3O4/c1-11(19(28)29)25-18(27)13-7-12-8-15(30-2)9-16(17(12)24-10-13)26-5-3-14(4-6-26)20(21,22)23/h7-11,14H,3-6H2,1-2H3,(H,25,27)(H,28,29)/t11-/m1/s1. The molecule has 1 saturated heterocycles. The van der Waals surface area contributed by atoms with Crippen LogP contribution in [0.1, 0.15) is 30.1 Å². The molecule has 10 heteroatoms. The van der Waals surface area contributed by atoms with Crippen molar-refractivity contribution < 1.29 is 32.6 Å². The van der Waals surface area contributed by atoms with Gasteiger partial charge in [-0.05, 0) is 31.9 Å². The van der Waals surface area contributed by atoms with Crippen molar-refractivity contribution in [1.82, 2.24) is 10.3 Å². The van der Waals surface area contributed by atoms with Crippen molar-refractivity contribution >= 4 is 28.5 Å². The summed E-state index contributed by atoms with van der Waals surface area (Å²) in [4.78, 5) is 29.4. The van der Waals surface area contributed by atoms with E-state index in [1.165, 1.54) is 20.2 Å². The first kappa shape index (κ1) is 21.7. The second-order valence-corrected chi connectivity index (χ2v) is 7.28. The Hall–Kier alpha value is -3.04. The third-order valence-electron chi connectivity index (χ3n) is 5.25. The van der Waals surface area contributed by atoms with Crippen LogP contribution in [-0.2, 0) is 4.79 Å². The zero-order valence-electron chi connectivity index (χ0n) is 16.5. The average molecular weight is 425 g/mol. The van der Waals surface area contributed by atoms with Gasteiger partial charge in [0.2, 0.25) is 0 Å². The quantitative estimate of drug-likeness (QED) is 0.764. The average Bonchev–Trinajstić information content (AvgIpc) is 2.71. The molecule has 1 aromatic carbocycles. The molecule has 0 saturated carbocycles. The number of nitrogens with zero attached hydrogens (tertiary/aromatic N) is 2. The number of piperidine rings is 1. The van der Waals surface area contributed by atoms with E-state index in [0.717, 1.165) is 0 Å². The fourth-order valence-electron chi connectivity index (χ4n) is 3.48. The van der Waals surface area contributed by atoms with E-state index in [-0.39, 0.29) is 31.5 Å². The van der Waals surface area contributed by atoms with Crippen molar-refractivity contribution in [2.45, 2.75) is 32.0 Å². The van der Waals surface area contributed by atoms with Crippen LogP contribution in [0.15, 0.2) is 24.4 Å². The lowest BCUT2D eigenvalue weighted by molar-refractivity contribution is -0.179. The number of hydrogen-bond donors (Lipinski definition) is 2. The summed E-state index contributed by atoms with van der Waals surface area (Å²) < 4.78 is 44.2. The minimum absolute atomic E-state index is 0.00420. The molecule has 0 bridgehead atoms. The molecule has 1 amide bonds. The number of benzene rings is 1. The molecule has 2 heterocycles. The third kappa shape index (κ3) is 4.58. The summed E-state index contributed by atoms with van der Waals surface area (Å²) in [6.07, 6.45) is -2.88. The Bertz CT molecular complexity index is 956. The molecule has 2 N–H and O–H groups in total. The number of fused-ring (bicyclic) bond motifs is 1. The van der Waals surface area contributed by atoms with Gasteiger partial charge in [0.25, 0.3) is 5.91 Å². The number of nitrogens with one attached hydrogen (secondary N) is 1. The minimum Gasteiger partial charge on any atom is -0.497 e. The zero-order valence-corrected chi connectivity index (χ0v) is 16.5. The van der Waals surface area contributed by atoms with E-state index in [1.54, 1.807) is 18.2 Å². The number of ether oxygens (including phenoxy) is 1. The van der Waals surface area contributed by atoms with Crippen LogP contribution in [0.3, 0.4) is 0 Å². The molecule has 162 valence electrons. The molecule has 1 aliphatic rings. The van der Waals surface area contributed by atoms with Crippen LogP contribution >= 0.6 is 0 Å². The van der Waals surface area contributed by atoms with E-state index in [2.05, 4.69) is 10.3 Å². The third-order valence-corrected chi connectivity index (χ3v) is 5.25. The molecule has 3 rings (SSSR count). The van der Waals surface area contributed by atoms with Gasteiger partial charge in [-0.15, -0.1) is 0 Å². The number of alkyl halides is 3. The molecule has 7 nitrogen and oxygen atoms in total. The summed E-state index contributed by atoms with van der Waals surface area (Å²) in [6, 6.07) is 3.88. The lowest BCUT2D eigenvalue weighted by Crippen LogP contribution is -2.39. The number of halogens is 3. The summed E-state index contributed by atoms with van der Waals surface area (Å²) in [7, 11) is 1.47. The van der Waals surface area contributed by atoms with Crippen LogP contribution in [0, 0.1) is 5.92 Å². The first-order chi connectivity index (χ1) is 14.1. The Balaban J connectivity index is 1.91. The Morgan fingerprint density at radius 2 is 1.93 bits per heavy atom. The highest BCUT2D eigenvalue weighted by molar-refractivity contribution is 6.01. The van der Waals surface area contributed by atoms with Crippen molar-refractivity contribution in [2.75, 3.05) is 25.1 Å². The van der Waals surface area contributed by atoms with Crippen LogP contribution in [-0.4, -0.2) is 54.4 Å². The Morgan fingerprint density at radius 1 is 1.27 bits per heavy atom. The molecule has 0 radical (unpaired) electrons. The van der Waals surface area contributed by atoms with Gasteiger partial charge in [0.1, 0.15) is 11.8 Å². The van der Waals surface area contributed by atoms with E-state index in [0.29, 0.717) is 22.3 Å². The Labute approximate surface area is 170 Å². The predicted molar refractivity (Wildman–Crippen MR) is 104 cm³/mol. The molecule has 1 aliphatic heterocycles. The van der Waals surface area contributed by atoms with Crippen LogP contribution in [0.5, 0.6) is 5.75 Å². The molecule has 0 spiro atoms. The highest BCUT2D eigenvalue weighted by atomic mass is 19.4. The second-order valence-electron chi connectivity index (χ2n) is 7.28. The summed E-state index contributed by atoms with van der Waals surface area (Å²) in [5.41, 5.74) is 1.34. The number of anilines is 1. The maximum atomic E-state index is 13.0. The first-order valence-corrected chi connectivity index (χ1v) is 9.43. The van der Waals surface area contributed by atoms with Crippen molar-refractivity contribution in [3.05, 3.63) is 30.0 Å². The summed E-state index contributed by atoms with van der Waals surface area (Å²) >= 11 is 0. The van der Waals surface area contributed by atoms with E-state index in [1.807, 2.05) is 4.90 Å². The molecular weight excluding hydrogens is 403 g/mol. The Morgan fingerprint density at radius 3 is 2.50 bits per heavy atom. The number of carboxylic acids is 1. The Kier molecular flexibility index (Phi) is 6.04. The summed E-state index contributed by atoms with van der Waals surface area (Å²) in [5.74, 6) is -2.59. The van der Waals surface area contributed by atoms with Gasteiger partial charge in [-0.25, -0.2) is 0 Å². The number of pyridine rings is 1. The number of carbonyl (C=O) groups excluding carboxylic acids is 1. The maximum Gasteiger partial charge on any atom is 0.391 e. The van der Waals surface area contributed by atoms with Crippen LogP contribution in [0.2, 0.25) is 0 Å². The molecule has 2 aromatic rings. The largest absolute Gasteiger partial charge is 0.497 e. The van der Waals surface area contributed by atoms with Gasteiger partial charge < -0.3 is 20.1 Å².